The molecule has 2 atom stereocenters. The van der Waals surface area contributed by atoms with Crippen molar-refractivity contribution >= 4 is 11.6 Å². The maximum Gasteiger partial charge on any atom is 0.241 e. The molecule has 1 amide bonds. The quantitative estimate of drug-likeness (QED) is 0.587. The number of rotatable bonds is 8. The van der Waals surface area contributed by atoms with Crippen LogP contribution >= 0.6 is 0 Å². The number of carbonyl (C=O) groups excluding carboxylic acids is 1. The van der Waals surface area contributed by atoms with Gasteiger partial charge in [-0.3, -0.25) is 10.1 Å². The van der Waals surface area contributed by atoms with Gasteiger partial charge in [-0.1, -0.05) is 60.7 Å². The van der Waals surface area contributed by atoms with E-state index in [9.17, 15) is 4.79 Å². The Balaban J connectivity index is 1.49. The van der Waals surface area contributed by atoms with Gasteiger partial charge in [-0.05, 0) is 49.2 Å². The zero-order valence-corrected chi connectivity index (χ0v) is 16.3. The lowest BCUT2D eigenvalue weighted by Crippen LogP contribution is -2.39. The van der Waals surface area contributed by atoms with Crippen molar-refractivity contribution < 1.29 is 9.53 Å². The number of hydrogen-bond acceptors (Lipinski definition) is 3. The number of hydrogen-bond donors (Lipinski definition) is 2. The topological polar surface area (TPSA) is 50.4 Å². The second-order valence-corrected chi connectivity index (χ2v) is 6.81. The highest BCUT2D eigenvalue weighted by Gasteiger charge is 2.16. The van der Waals surface area contributed by atoms with E-state index in [1.807, 2.05) is 79.7 Å². The van der Waals surface area contributed by atoms with Crippen LogP contribution in [-0.4, -0.2) is 11.9 Å². The summed E-state index contributed by atoms with van der Waals surface area (Å²) in [6.45, 7) is 4.44. The van der Waals surface area contributed by atoms with E-state index >= 15 is 0 Å². The lowest BCUT2D eigenvalue weighted by atomic mass is 10.1. The summed E-state index contributed by atoms with van der Waals surface area (Å²) in [6, 6.07) is 27.3. The molecule has 0 bridgehead atoms. The van der Waals surface area contributed by atoms with Crippen molar-refractivity contribution in [1.82, 2.24) is 5.32 Å². The largest absolute Gasteiger partial charge is 0.489 e. The third-order valence-corrected chi connectivity index (χ3v) is 4.56. The van der Waals surface area contributed by atoms with Gasteiger partial charge in [-0.2, -0.15) is 0 Å². The molecule has 0 aliphatic rings. The smallest absolute Gasteiger partial charge is 0.241 e. The molecule has 3 rings (SSSR count). The molecule has 28 heavy (non-hydrogen) atoms. The Hall–Kier alpha value is -3.11. The Morgan fingerprint density at radius 2 is 1.46 bits per heavy atom. The molecule has 0 saturated heterocycles. The molecule has 3 aromatic carbocycles. The van der Waals surface area contributed by atoms with E-state index in [-0.39, 0.29) is 18.0 Å². The van der Waals surface area contributed by atoms with Crippen LogP contribution in [-0.2, 0) is 11.4 Å². The normalized spacial score (nSPS) is 12.8. The second kappa shape index (κ2) is 9.72. The Morgan fingerprint density at radius 1 is 0.857 bits per heavy atom. The van der Waals surface area contributed by atoms with Crippen LogP contribution in [0.2, 0.25) is 0 Å². The van der Waals surface area contributed by atoms with Crippen LogP contribution in [0.1, 0.15) is 31.0 Å². The molecule has 3 aromatic rings. The first-order valence-electron chi connectivity index (χ1n) is 9.50. The number of ether oxygens (including phenoxy) is 1. The zero-order chi connectivity index (χ0) is 19.8. The zero-order valence-electron chi connectivity index (χ0n) is 16.3. The van der Waals surface area contributed by atoms with Crippen LogP contribution < -0.4 is 15.4 Å². The monoisotopic (exact) mass is 374 g/mol. The molecule has 0 saturated carbocycles. The van der Waals surface area contributed by atoms with Gasteiger partial charge in [0.15, 0.2) is 0 Å². The maximum atomic E-state index is 12.5. The minimum atomic E-state index is -0.316. The highest BCUT2D eigenvalue weighted by molar-refractivity contribution is 5.94. The highest BCUT2D eigenvalue weighted by atomic mass is 16.5. The first-order valence-corrected chi connectivity index (χ1v) is 9.50. The van der Waals surface area contributed by atoms with Crippen molar-refractivity contribution in [3.63, 3.8) is 0 Å². The summed E-state index contributed by atoms with van der Waals surface area (Å²) in [5.74, 6) is 0.700. The van der Waals surface area contributed by atoms with Crippen LogP contribution in [0.25, 0.3) is 0 Å². The van der Waals surface area contributed by atoms with Gasteiger partial charge in [0.2, 0.25) is 5.91 Å². The maximum absolute atomic E-state index is 12.5. The minimum absolute atomic E-state index is 0.0688. The Labute approximate surface area is 166 Å². The summed E-state index contributed by atoms with van der Waals surface area (Å²) in [5, 5.41) is 6.27. The molecular formula is C24H26N2O2. The molecule has 0 heterocycles. The summed E-state index contributed by atoms with van der Waals surface area (Å²) in [5.41, 5.74) is 3.02. The lowest BCUT2D eigenvalue weighted by molar-refractivity contribution is -0.117. The van der Waals surface area contributed by atoms with Crippen LogP contribution in [0.15, 0.2) is 84.9 Å². The summed E-state index contributed by atoms with van der Waals surface area (Å²) >= 11 is 0. The Morgan fingerprint density at radius 3 is 2.11 bits per heavy atom. The fourth-order valence-electron chi connectivity index (χ4n) is 2.91. The van der Waals surface area contributed by atoms with Crippen molar-refractivity contribution in [2.45, 2.75) is 32.5 Å². The summed E-state index contributed by atoms with van der Waals surface area (Å²) < 4.78 is 5.78. The average Bonchev–Trinajstić information content (AvgIpc) is 2.74. The molecule has 0 radical (unpaired) electrons. The minimum Gasteiger partial charge on any atom is -0.489 e. The predicted octanol–water partition coefficient (Wildman–Crippen LogP) is 4.94. The van der Waals surface area contributed by atoms with E-state index in [0.717, 1.165) is 22.6 Å². The fraction of sp³-hybridized carbons (Fsp3) is 0.208. The average molecular weight is 374 g/mol. The van der Waals surface area contributed by atoms with Crippen molar-refractivity contribution in [3.8, 4) is 5.75 Å². The molecule has 0 fully saturated rings. The van der Waals surface area contributed by atoms with Crippen LogP contribution in [0.5, 0.6) is 5.75 Å². The molecule has 0 aromatic heterocycles. The number of anilines is 1. The van der Waals surface area contributed by atoms with E-state index in [0.29, 0.717) is 6.61 Å². The molecule has 0 spiro atoms. The lowest BCUT2D eigenvalue weighted by Gasteiger charge is -2.20. The van der Waals surface area contributed by atoms with Gasteiger partial charge >= 0.3 is 0 Å². The van der Waals surface area contributed by atoms with Gasteiger partial charge in [0, 0.05) is 11.7 Å². The van der Waals surface area contributed by atoms with Crippen LogP contribution in [0, 0.1) is 0 Å². The van der Waals surface area contributed by atoms with Gasteiger partial charge in [0.1, 0.15) is 12.4 Å². The predicted molar refractivity (Wildman–Crippen MR) is 113 cm³/mol. The molecule has 0 unspecified atom stereocenters. The third kappa shape index (κ3) is 5.69. The SMILES string of the molecule is C[C@H](N[C@H](C)C(=O)Nc1ccc(OCc2ccccc2)cc1)c1ccccc1. The molecule has 4 heteroatoms. The molecule has 0 aliphatic heterocycles. The molecule has 2 N–H and O–H groups in total. The number of amides is 1. The Bertz CT molecular complexity index is 864. The second-order valence-electron chi connectivity index (χ2n) is 6.81. The fourth-order valence-corrected chi connectivity index (χ4v) is 2.91. The molecule has 0 aliphatic carbocycles. The van der Waals surface area contributed by atoms with E-state index in [1.54, 1.807) is 0 Å². The van der Waals surface area contributed by atoms with Crippen LogP contribution in [0.4, 0.5) is 5.69 Å². The van der Waals surface area contributed by atoms with Crippen molar-refractivity contribution in [3.05, 3.63) is 96.1 Å². The van der Waals surface area contributed by atoms with Gasteiger partial charge in [0.05, 0.1) is 6.04 Å². The highest BCUT2D eigenvalue weighted by Crippen LogP contribution is 2.18. The summed E-state index contributed by atoms with van der Waals surface area (Å²) in [7, 11) is 0. The third-order valence-electron chi connectivity index (χ3n) is 4.56. The van der Waals surface area contributed by atoms with Gasteiger partial charge in [-0.15, -0.1) is 0 Å². The summed E-state index contributed by atoms with van der Waals surface area (Å²) in [4.78, 5) is 12.5. The van der Waals surface area contributed by atoms with E-state index in [1.165, 1.54) is 0 Å². The summed E-state index contributed by atoms with van der Waals surface area (Å²) in [6.07, 6.45) is 0. The van der Waals surface area contributed by atoms with Crippen LogP contribution in [0.3, 0.4) is 0 Å². The number of carbonyl (C=O) groups is 1. The molecule has 4 nitrogen and oxygen atoms in total. The van der Waals surface area contributed by atoms with Gasteiger partial charge < -0.3 is 10.1 Å². The molecular weight excluding hydrogens is 348 g/mol. The van der Waals surface area contributed by atoms with Crippen molar-refractivity contribution in [1.29, 1.82) is 0 Å². The Kier molecular flexibility index (Phi) is 6.82. The first-order chi connectivity index (χ1) is 13.6. The number of nitrogens with one attached hydrogen (secondary N) is 2. The number of benzene rings is 3. The van der Waals surface area contributed by atoms with E-state index < -0.39 is 0 Å². The van der Waals surface area contributed by atoms with E-state index in [2.05, 4.69) is 29.7 Å². The standard InChI is InChI=1S/C24H26N2O2/c1-18(21-11-7-4-8-12-21)25-19(2)24(27)26-22-13-15-23(16-14-22)28-17-20-9-5-3-6-10-20/h3-16,18-19,25H,17H2,1-2H3,(H,26,27)/t18-,19+/m0/s1. The van der Waals surface area contributed by atoms with E-state index in [4.69, 9.17) is 4.74 Å². The molecule has 144 valence electrons. The van der Waals surface area contributed by atoms with Gasteiger partial charge in [-0.25, -0.2) is 0 Å². The first kappa shape index (κ1) is 19.6. The van der Waals surface area contributed by atoms with Gasteiger partial charge in [0.25, 0.3) is 0 Å². The van der Waals surface area contributed by atoms with Crippen molar-refractivity contribution in [2.75, 3.05) is 5.32 Å². The van der Waals surface area contributed by atoms with Crippen molar-refractivity contribution in [2.24, 2.45) is 0 Å².